The Morgan fingerprint density at radius 1 is 1.13 bits per heavy atom. The topological polar surface area (TPSA) is 112 Å². The molecule has 0 aliphatic carbocycles. The Kier molecular flexibility index (Phi) is 7.80. The van der Waals surface area contributed by atoms with Crippen LogP contribution in [0.15, 0.2) is 42.5 Å². The van der Waals surface area contributed by atoms with Crippen molar-refractivity contribution in [2.45, 2.75) is 39.3 Å². The standard InChI is InChI=1S/C22H26BN3O5/c1-15(26(5)21(28)31-22(2,3)4)20(27)25-19-14-12-17(23(29)30)18(24-19)13-11-16-9-7-6-8-10-16/h6-10,12,14-15,29-30H,1-5H3,(H,24,25,27). The summed E-state index contributed by atoms with van der Waals surface area (Å²) >= 11 is 0. The monoisotopic (exact) mass is 423 g/mol. The third-order valence-electron chi connectivity index (χ3n) is 4.20. The van der Waals surface area contributed by atoms with Crippen molar-refractivity contribution in [2.75, 3.05) is 12.4 Å². The van der Waals surface area contributed by atoms with Crippen molar-refractivity contribution in [1.29, 1.82) is 0 Å². The highest BCUT2D eigenvalue weighted by Crippen LogP contribution is 2.12. The Balaban J connectivity index is 2.20. The minimum absolute atomic E-state index is 0.111. The van der Waals surface area contributed by atoms with Crippen LogP contribution in [0.1, 0.15) is 39.0 Å². The van der Waals surface area contributed by atoms with Crippen LogP contribution >= 0.6 is 0 Å². The number of hydrogen-bond acceptors (Lipinski definition) is 6. The molecule has 1 unspecified atom stereocenters. The average molecular weight is 423 g/mol. The number of hydrogen-bond donors (Lipinski definition) is 3. The van der Waals surface area contributed by atoms with Crippen LogP contribution in [0.5, 0.6) is 0 Å². The quantitative estimate of drug-likeness (QED) is 0.506. The summed E-state index contributed by atoms with van der Waals surface area (Å²) in [6, 6.07) is 11.2. The van der Waals surface area contributed by atoms with E-state index in [9.17, 15) is 19.6 Å². The summed E-state index contributed by atoms with van der Waals surface area (Å²) in [6.07, 6.45) is -0.628. The van der Waals surface area contributed by atoms with Gasteiger partial charge in [-0.05, 0) is 51.8 Å². The van der Waals surface area contributed by atoms with E-state index in [0.717, 1.165) is 5.56 Å². The van der Waals surface area contributed by atoms with E-state index in [1.54, 1.807) is 27.7 Å². The molecule has 0 bridgehead atoms. The zero-order valence-corrected chi connectivity index (χ0v) is 18.2. The van der Waals surface area contributed by atoms with E-state index in [1.807, 2.05) is 30.3 Å². The molecule has 0 saturated carbocycles. The van der Waals surface area contributed by atoms with Gasteiger partial charge in [0.2, 0.25) is 5.91 Å². The zero-order chi connectivity index (χ0) is 23.2. The second kappa shape index (κ2) is 10.1. The summed E-state index contributed by atoms with van der Waals surface area (Å²) in [5.74, 6) is 5.38. The molecular formula is C22H26BN3O5. The van der Waals surface area contributed by atoms with Crippen LogP contribution < -0.4 is 10.8 Å². The van der Waals surface area contributed by atoms with E-state index >= 15 is 0 Å². The molecule has 2 rings (SSSR count). The number of benzene rings is 1. The number of carbonyl (C=O) groups excluding carboxylic acids is 2. The summed E-state index contributed by atoms with van der Waals surface area (Å²) in [4.78, 5) is 30.2. The lowest BCUT2D eigenvalue weighted by molar-refractivity contribution is -0.120. The minimum Gasteiger partial charge on any atom is -0.444 e. The van der Waals surface area contributed by atoms with Crippen molar-refractivity contribution in [2.24, 2.45) is 0 Å². The Hall–Kier alpha value is -3.35. The van der Waals surface area contributed by atoms with Gasteiger partial charge in [0.15, 0.2) is 0 Å². The number of aromatic nitrogens is 1. The first-order chi connectivity index (χ1) is 14.5. The van der Waals surface area contributed by atoms with Gasteiger partial charge < -0.3 is 20.1 Å². The highest BCUT2D eigenvalue weighted by atomic mass is 16.6. The van der Waals surface area contributed by atoms with Gasteiger partial charge in [0.1, 0.15) is 23.2 Å². The van der Waals surface area contributed by atoms with E-state index in [1.165, 1.54) is 24.1 Å². The van der Waals surface area contributed by atoms with Gasteiger partial charge in [-0.3, -0.25) is 9.69 Å². The van der Waals surface area contributed by atoms with Crippen molar-refractivity contribution in [3.63, 3.8) is 0 Å². The third kappa shape index (κ3) is 7.13. The second-order valence-electron chi connectivity index (χ2n) is 7.88. The second-order valence-corrected chi connectivity index (χ2v) is 7.88. The van der Waals surface area contributed by atoms with Gasteiger partial charge >= 0.3 is 13.2 Å². The molecule has 3 N–H and O–H groups in total. The lowest BCUT2D eigenvalue weighted by atomic mass is 9.79. The summed E-state index contributed by atoms with van der Waals surface area (Å²) in [7, 11) is -0.303. The Labute approximate surface area is 182 Å². The summed E-state index contributed by atoms with van der Waals surface area (Å²) in [5.41, 5.74) is 0.269. The first-order valence-electron chi connectivity index (χ1n) is 9.69. The van der Waals surface area contributed by atoms with Gasteiger partial charge in [-0.25, -0.2) is 9.78 Å². The molecule has 0 radical (unpaired) electrons. The molecule has 1 heterocycles. The van der Waals surface area contributed by atoms with E-state index in [4.69, 9.17) is 4.74 Å². The maximum atomic E-state index is 12.6. The molecule has 1 aromatic heterocycles. The van der Waals surface area contributed by atoms with Crippen molar-refractivity contribution < 1.29 is 24.4 Å². The molecule has 0 aliphatic heterocycles. The van der Waals surface area contributed by atoms with Crippen LogP contribution in [0.2, 0.25) is 0 Å². The van der Waals surface area contributed by atoms with Gasteiger partial charge in [0.25, 0.3) is 0 Å². The van der Waals surface area contributed by atoms with E-state index in [0.29, 0.717) is 0 Å². The Morgan fingerprint density at radius 2 is 1.77 bits per heavy atom. The molecule has 0 aliphatic rings. The average Bonchev–Trinajstić information content (AvgIpc) is 2.70. The van der Waals surface area contributed by atoms with E-state index < -0.39 is 30.8 Å². The number of likely N-dealkylation sites (N-methyl/N-ethyl adjacent to an activating group) is 1. The Bertz CT molecular complexity index is 994. The highest BCUT2D eigenvalue weighted by Gasteiger charge is 2.27. The molecule has 8 nitrogen and oxygen atoms in total. The number of carbonyl (C=O) groups is 2. The molecular weight excluding hydrogens is 397 g/mol. The van der Waals surface area contributed by atoms with Crippen molar-refractivity contribution in [1.82, 2.24) is 9.88 Å². The predicted molar refractivity (Wildman–Crippen MR) is 119 cm³/mol. The number of anilines is 1. The molecule has 0 spiro atoms. The summed E-state index contributed by atoms with van der Waals surface area (Å²) < 4.78 is 5.27. The van der Waals surface area contributed by atoms with Gasteiger partial charge in [-0.2, -0.15) is 0 Å². The predicted octanol–water partition coefficient (Wildman–Crippen LogP) is 1.36. The van der Waals surface area contributed by atoms with E-state index in [-0.39, 0.29) is 17.0 Å². The fraction of sp³-hybridized carbons (Fsp3) is 0.318. The van der Waals surface area contributed by atoms with Gasteiger partial charge in [-0.15, -0.1) is 0 Å². The SMILES string of the molecule is CC(C(=O)Nc1ccc(B(O)O)c(C#Cc2ccccc2)n1)N(C)C(=O)OC(C)(C)C. The number of ether oxygens (including phenoxy) is 1. The third-order valence-corrected chi connectivity index (χ3v) is 4.20. The minimum atomic E-state index is -1.77. The molecule has 0 saturated heterocycles. The van der Waals surface area contributed by atoms with Crippen LogP contribution in [-0.4, -0.2) is 57.7 Å². The maximum Gasteiger partial charge on any atom is 0.491 e. The van der Waals surface area contributed by atoms with Crippen LogP contribution in [0.4, 0.5) is 10.6 Å². The van der Waals surface area contributed by atoms with Crippen LogP contribution in [0, 0.1) is 11.8 Å². The normalized spacial score (nSPS) is 11.6. The maximum absolute atomic E-state index is 12.6. The van der Waals surface area contributed by atoms with Crippen molar-refractivity contribution in [3.05, 3.63) is 53.7 Å². The zero-order valence-electron chi connectivity index (χ0n) is 18.2. The van der Waals surface area contributed by atoms with Gasteiger partial charge in [0, 0.05) is 18.1 Å². The van der Waals surface area contributed by atoms with Crippen LogP contribution in [0.3, 0.4) is 0 Å². The van der Waals surface area contributed by atoms with Crippen LogP contribution in [-0.2, 0) is 9.53 Å². The number of pyridine rings is 1. The molecule has 2 amide bonds. The Morgan fingerprint density at radius 3 is 2.35 bits per heavy atom. The highest BCUT2D eigenvalue weighted by molar-refractivity contribution is 6.59. The van der Waals surface area contributed by atoms with Crippen LogP contribution in [0.25, 0.3) is 0 Å². The van der Waals surface area contributed by atoms with Crippen molar-refractivity contribution in [3.8, 4) is 11.8 Å². The molecule has 31 heavy (non-hydrogen) atoms. The van der Waals surface area contributed by atoms with E-state index in [2.05, 4.69) is 22.1 Å². The fourth-order valence-electron chi connectivity index (χ4n) is 2.40. The number of rotatable bonds is 4. The smallest absolute Gasteiger partial charge is 0.444 e. The molecule has 2 aromatic rings. The first kappa shape index (κ1) is 23.9. The number of nitrogens with zero attached hydrogens (tertiary/aromatic N) is 2. The molecule has 9 heteroatoms. The lowest BCUT2D eigenvalue weighted by Gasteiger charge is -2.28. The number of amides is 2. The van der Waals surface area contributed by atoms with Crippen molar-refractivity contribution >= 4 is 30.4 Å². The molecule has 1 aromatic carbocycles. The van der Waals surface area contributed by atoms with Gasteiger partial charge in [-0.1, -0.05) is 30.2 Å². The fourth-order valence-corrected chi connectivity index (χ4v) is 2.40. The molecule has 162 valence electrons. The molecule has 1 atom stereocenters. The summed E-state index contributed by atoms with van der Waals surface area (Å²) in [6.45, 7) is 6.77. The molecule has 0 fully saturated rings. The number of nitrogens with one attached hydrogen (secondary N) is 1. The summed E-state index contributed by atoms with van der Waals surface area (Å²) in [5, 5.41) is 21.8. The lowest BCUT2D eigenvalue weighted by Crippen LogP contribution is -2.45. The van der Waals surface area contributed by atoms with Gasteiger partial charge in [0.05, 0.1) is 0 Å². The largest absolute Gasteiger partial charge is 0.491 e. The first-order valence-corrected chi connectivity index (χ1v) is 9.69.